The van der Waals surface area contributed by atoms with Crippen LogP contribution in [-0.2, 0) is 11.8 Å². The second kappa shape index (κ2) is 11.1. The molecule has 5 aromatic rings. The Labute approximate surface area is 249 Å². The fourth-order valence-electron chi connectivity index (χ4n) is 5.89. The summed E-state index contributed by atoms with van der Waals surface area (Å²) in [6, 6.07) is 12.9. The molecule has 220 valence electrons. The molecule has 6 rings (SSSR count). The summed E-state index contributed by atoms with van der Waals surface area (Å²) in [5.41, 5.74) is 4.41. The summed E-state index contributed by atoms with van der Waals surface area (Å²) >= 11 is 0. The highest BCUT2D eigenvalue weighted by Crippen LogP contribution is 2.38. The van der Waals surface area contributed by atoms with Crippen LogP contribution in [0, 0.1) is 18.2 Å². The van der Waals surface area contributed by atoms with Crippen LogP contribution in [0.1, 0.15) is 43.9 Å². The SMILES string of the molecule is C=CC(=O)N1CC[C@H](c2ccc3ncnc(Nc4ccc(Oc5ccc6c(c5)ncn6C)c(C)c4F)c3n2)CC(C)(C)C1. The number of hydrogen-bond donors (Lipinski definition) is 1. The average molecular weight is 580 g/mol. The number of imidazole rings is 1. The number of amides is 1. The normalized spacial score (nSPS) is 16.7. The van der Waals surface area contributed by atoms with E-state index in [0.717, 1.165) is 29.6 Å². The molecule has 1 atom stereocenters. The quantitative estimate of drug-likeness (QED) is 0.221. The first-order chi connectivity index (χ1) is 20.6. The van der Waals surface area contributed by atoms with Crippen molar-refractivity contribution in [2.75, 3.05) is 18.4 Å². The number of ether oxygens (including phenoxy) is 1. The molecule has 0 spiro atoms. The molecular formula is C33H34FN7O2. The minimum absolute atomic E-state index is 0.0527. The molecule has 0 radical (unpaired) electrons. The Morgan fingerprint density at radius 1 is 1.14 bits per heavy atom. The minimum Gasteiger partial charge on any atom is -0.457 e. The number of halogens is 1. The van der Waals surface area contributed by atoms with Gasteiger partial charge in [0, 0.05) is 43.4 Å². The third-order valence-electron chi connectivity index (χ3n) is 8.09. The third kappa shape index (κ3) is 5.64. The second-order valence-electron chi connectivity index (χ2n) is 11.9. The number of likely N-dealkylation sites (tertiary alicyclic amines) is 1. The number of benzene rings is 2. The first-order valence-electron chi connectivity index (χ1n) is 14.3. The van der Waals surface area contributed by atoms with Crippen LogP contribution in [0.3, 0.4) is 0 Å². The van der Waals surface area contributed by atoms with E-state index in [0.29, 0.717) is 47.0 Å². The van der Waals surface area contributed by atoms with Gasteiger partial charge in [0.05, 0.1) is 28.6 Å². The number of anilines is 2. The lowest BCUT2D eigenvalue weighted by Gasteiger charge is -2.29. The van der Waals surface area contributed by atoms with E-state index in [4.69, 9.17) is 9.72 Å². The fraction of sp³-hybridized carbons (Fsp3) is 0.303. The first kappa shape index (κ1) is 28.3. The molecule has 1 amide bonds. The van der Waals surface area contributed by atoms with Gasteiger partial charge in [-0.25, -0.2) is 24.3 Å². The van der Waals surface area contributed by atoms with Gasteiger partial charge < -0.3 is 19.5 Å². The van der Waals surface area contributed by atoms with Crippen LogP contribution >= 0.6 is 0 Å². The number of pyridine rings is 1. The smallest absolute Gasteiger partial charge is 0.245 e. The number of aryl methyl sites for hydroxylation is 1. The number of nitrogens with zero attached hydrogens (tertiary/aromatic N) is 6. The van der Waals surface area contributed by atoms with Crippen molar-refractivity contribution < 1.29 is 13.9 Å². The highest BCUT2D eigenvalue weighted by atomic mass is 19.1. The first-order valence-corrected chi connectivity index (χ1v) is 14.3. The standard InChI is InChI=1S/C33H34FN7O2/c1-6-29(42)41-14-13-21(16-33(3,4)17-41)23-8-9-25-31(38-23)32(36-18-35-25)39-24-10-12-28(20(2)30(24)34)43-22-7-11-27-26(15-22)37-19-40(27)5/h6-12,15,18-19,21H,1,13-14,16-17H2,2-5H3,(H,35,36,39)/t21-/m0/s1. The molecular weight excluding hydrogens is 545 g/mol. The van der Waals surface area contributed by atoms with Crippen molar-refractivity contribution in [1.29, 1.82) is 0 Å². The third-order valence-corrected chi connectivity index (χ3v) is 8.09. The summed E-state index contributed by atoms with van der Waals surface area (Å²) in [5, 5.41) is 3.14. The minimum atomic E-state index is -0.447. The van der Waals surface area contributed by atoms with E-state index in [-0.39, 0.29) is 22.9 Å². The predicted molar refractivity (Wildman–Crippen MR) is 165 cm³/mol. The molecule has 0 bridgehead atoms. The van der Waals surface area contributed by atoms with Crippen molar-refractivity contribution in [1.82, 2.24) is 29.4 Å². The molecule has 4 heterocycles. The Morgan fingerprint density at radius 2 is 1.98 bits per heavy atom. The maximum absolute atomic E-state index is 15.7. The van der Waals surface area contributed by atoms with Gasteiger partial charge in [-0.2, -0.15) is 0 Å². The maximum Gasteiger partial charge on any atom is 0.245 e. The number of aromatic nitrogens is 5. The molecule has 0 saturated carbocycles. The summed E-state index contributed by atoms with van der Waals surface area (Å²) in [6.45, 7) is 11.0. The number of fused-ring (bicyclic) bond motifs is 2. The summed E-state index contributed by atoms with van der Waals surface area (Å²) in [6.07, 6.45) is 6.20. The number of hydrogen-bond acceptors (Lipinski definition) is 7. The van der Waals surface area contributed by atoms with Gasteiger partial charge in [0.15, 0.2) is 11.6 Å². The van der Waals surface area contributed by atoms with Crippen LogP contribution < -0.4 is 10.1 Å². The summed E-state index contributed by atoms with van der Waals surface area (Å²) < 4.78 is 23.6. The van der Waals surface area contributed by atoms with Crippen molar-refractivity contribution >= 4 is 39.5 Å². The predicted octanol–water partition coefficient (Wildman–Crippen LogP) is 6.81. The second-order valence-corrected chi connectivity index (χ2v) is 11.9. The molecule has 10 heteroatoms. The monoisotopic (exact) mass is 579 g/mol. The van der Waals surface area contributed by atoms with Crippen LogP contribution in [0.4, 0.5) is 15.9 Å². The van der Waals surface area contributed by atoms with Crippen molar-refractivity contribution in [2.24, 2.45) is 12.5 Å². The molecule has 0 unspecified atom stereocenters. The molecule has 1 N–H and O–H groups in total. The van der Waals surface area contributed by atoms with E-state index in [2.05, 4.69) is 40.7 Å². The van der Waals surface area contributed by atoms with E-state index in [1.54, 1.807) is 25.4 Å². The van der Waals surface area contributed by atoms with Crippen molar-refractivity contribution in [3.8, 4) is 11.5 Å². The molecule has 43 heavy (non-hydrogen) atoms. The summed E-state index contributed by atoms with van der Waals surface area (Å²) in [4.78, 5) is 32.4. The highest BCUT2D eigenvalue weighted by molar-refractivity contribution is 5.88. The van der Waals surface area contributed by atoms with Crippen LogP contribution in [0.25, 0.3) is 22.1 Å². The number of rotatable bonds is 6. The summed E-state index contributed by atoms with van der Waals surface area (Å²) in [5.74, 6) is 1.03. The van der Waals surface area contributed by atoms with Crippen LogP contribution in [0.15, 0.2) is 67.8 Å². The zero-order valence-electron chi connectivity index (χ0n) is 24.8. The van der Waals surface area contributed by atoms with Gasteiger partial charge in [0.1, 0.15) is 23.3 Å². The average Bonchev–Trinajstić information content (AvgIpc) is 3.27. The largest absolute Gasteiger partial charge is 0.457 e. The van der Waals surface area contributed by atoms with Gasteiger partial charge >= 0.3 is 0 Å². The Hall–Kier alpha value is -4.86. The number of carbonyl (C=O) groups is 1. The van der Waals surface area contributed by atoms with E-state index in [1.807, 2.05) is 46.8 Å². The molecule has 3 aromatic heterocycles. The number of carbonyl (C=O) groups excluding carboxylic acids is 1. The molecule has 0 aliphatic carbocycles. The van der Waals surface area contributed by atoms with Gasteiger partial charge in [-0.1, -0.05) is 20.4 Å². The molecule has 1 aliphatic rings. The van der Waals surface area contributed by atoms with Crippen LogP contribution in [0.5, 0.6) is 11.5 Å². The van der Waals surface area contributed by atoms with Gasteiger partial charge in [0.25, 0.3) is 0 Å². The Balaban J connectivity index is 1.27. The van der Waals surface area contributed by atoms with Gasteiger partial charge in [-0.05, 0) is 67.7 Å². The van der Waals surface area contributed by atoms with E-state index >= 15 is 4.39 Å². The molecule has 9 nitrogen and oxygen atoms in total. The van der Waals surface area contributed by atoms with Gasteiger partial charge in [-0.3, -0.25) is 4.79 Å². The van der Waals surface area contributed by atoms with Crippen LogP contribution in [-0.4, -0.2) is 48.4 Å². The van der Waals surface area contributed by atoms with E-state index < -0.39 is 5.82 Å². The van der Waals surface area contributed by atoms with Crippen molar-refractivity contribution in [3.63, 3.8) is 0 Å². The summed E-state index contributed by atoms with van der Waals surface area (Å²) in [7, 11) is 1.93. The number of nitrogens with one attached hydrogen (secondary N) is 1. The Morgan fingerprint density at radius 3 is 2.79 bits per heavy atom. The fourth-order valence-corrected chi connectivity index (χ4v) is 5.89. The van der Waals surface area contributed by atoms with E-state index in [9.17, 15) is 4.79 Å². The Kier molecular flexibility index (Phi) is 7.29. The van der Waals surface area contributed by atoms with Crippen molar-refractivity contribution in [2.45, 2.75) is 39.5 Å². The van der Waals surface area contributed by atoms with Gasteiger partial charge in [-0.15, -0.1) is 0 Å². The topological polar surface area (TPSA) is 98.1 Å². The maximum atomic E-state index is 15.7. The van der Waals surface area contributed by atoms with Gasteiger partial charge in [0.2, 0.25) is 5.91 Å². The Bertz CT molecular complexity index is 1870. The zero-order valence-corrected chi connectivity index (χ0v) is 24.8. The molecule has 1 fully saturated rings. The lowest BCUT2D eigenvalue weighted by Crippen LogP contribution is -2.36. The highest BCUT2D eigenvalue weighted by Gasteiger charge is 2.33. The molecule has 1 saturated heterocycles. The van der Waals surface area contributed by atoms with E-state index in [1.165, 1.54) is 12.4 Å². The van der Waals surface area contributed by atoms with Crippen LogP contribution in [0.2, 0.25) is 0 Å². The molecule has 1 aliphatic heterocycles. The lowest BCUT2D eigenvalue weighted by molar-refractivity contribution is -0.127. The van der Waals surface area contributed by atoms with Crippen molar-refractivity contribution in [3.05, 3.63) is 84.8 Å². The molecule has 2 aromatic carbocycles. The lowest BCUT2D eigenvalue weighted by atomic mass is 9.81. The zero-order chi connectivity index (χ0) is 30.3.